The number of carboxylic acid groups (broad SMARTS) is 1. The molecule has 5 heteroatoms. The van der Waals surface area contributed by atoms with Crippen molar-refractivity contribution in [2.24, 2.45) is 5.92 Å². The molecule has 0 saturated heterocycles. The molecule has 0 amide bonds. The van der Waals surface area contributed by atoms with Crippen LogP contribution in [0.5, 0.6) is 0 Å². The minimum absolute atomic E-state index is 0.320. The van der Waals surface area contributed by atoms with Crippen LogP contribution in [0.4, 0.5) is 0 Å². The highest BCUT2D eigenvalue weighted by Crippen LogP contribution is 2.25. The van der Waals surface area contributed by atoms with Crippen LogP contribution in [-0.2, 0) is 19.4 Å². The van der Waals surface area contributed by atoms with E-state index in [0.29, 0.717) is 11.5 Å². The van der Waals surface area contributed by atoms with Crippen molar-refractivity contribution in [1.82, 2.24) is 14.8 Å². The number of aromatic nitrogens is 3. The summed E-state index contributed by atoms with van der Waals surface area (Å²) in [5.41, 5.74) is 3.11. The van der Waals surface area contributed by atoms with E-state index < -0.39 is 5.97 Å². The maximum atomic E-state index is 11.5. The van der Waals surface area contributed by atoms with Crippen LogP contribution in [0.25, 0.3) is 11.1 Å². The topological polar surface area (TPSA) is 68.0 Å². The average molecular weight is 420 g/mol. The predicted molar refractivity (Wildman–Crippen MR) is 124 cm³/mol. The molecular formula is C26H33N3O2. The lowest BCUT2D eigenvalue weighted by molar-refractivity contribution is 0.0697. The van der Waals surface area contributed by atoms with Crippen LogP contribution < -0.4 is 0 Å². The van der Waals surface area contributed by atoms with E-state index in [1.54, 1.807) is 12.1 Å². The second-order valence-electron chi connectivity index (χ2n) is 8.53. The first-order valence-corrected chi connectivity index (χ1v) is 11.3. The second kappa shape index (κ2) is 10.9. The Morgan fingerprint density at radius 3 is 2.48 bits per heavy atom. The van der Waals surface area contributed by atoms with Gasteiger partial charge in [-0.15, -0.1) is 0 Å². The number of benzene rings is 2. The van der Waals surface area contributed by atoms with Crippen molar-refractivity contribution in [3.8, 4) is 11.1 Å². The molecule has 0 aliphatic heterocycles. The van der Waals surface area contributed by atoms with Gasteiger partial charge in [-0.3, -0.25) is 0 Å². The highest BCUT2D eigenvalue weighted by Gasteiger charge is 2.13. The first kappa shape index (κ1) is 22.7. The van der Waals surface area contributed by atoms with Gasteiger partial charge in [0.05, 0.1) is 5.56 Å². The number of carbonyl (C=O) groups is 1. The van der Waals surface area contributed by atoms with Crippen LogP contribution in [0.15, 0.2) is 48.5 Å². The molecule has 0 bridgehead atoms. The molecule has 0 fully saturated rings. The van der Waals surface area contributed by atoms with Gasteiger partial charge in [0.2, 0.25) is 0 Å². The van der Waals surface area contributed by atoms with Gasteiger partial charge < -0.3 is 5.11 Å². The van der Waals surface area contributed by atoms with E-state index >= 15 is 0 Å². The average Bonchev–Trinajstić information content (AvgIpc) is 3.14. The fourth-order valence-corrected chi connectivity index (χ4v) is 3.66. The van der Waals surface area contributed by atoms with Gasteiger partial charge in [0, 0.05) is 19.4 Å². The molecule has 164 valence electrons. The minimum atomic E-state index is -0.909. The third-order valence-electron chi connectivity index (χ3n) is 5.50. The summed E-state index contributed by atoms with van der Waals surface area (Å²) in [6.45, 7) is 7.55. The fraction of sp³-hybridized carbons (Fsp3) is 0.423. The first-order valence-electron chi connectivity index (χ1n) is 11.3. The number of hydrogen-bond acceptors (Lipinski definition) is 3. The smallest absolute Gasteiger partial charge is 0.336 e. The molecule has 5 nitrogen and oxygen atoms in total. The molecule has 3 aromatic rings. The Morgan fingerprint density at radius 2 is 1.81 bits per heavy atom. The van der Waals surface area contributed by atoms with Crippen molar-refractivity contribution in [2.75, 3.05) is 0 Å². The maximum absolute atomic E-state index is 11.5. The van der Waals surface area contributed by atoms with E-state index in [1.807, 2.05) is 24.3 Å². The predicted octanol–water partition coefficient (Wildman–Crippen LogP) is 6.01. The summed E-state index contributed by atoms with van der Waals surface area (Å²) in [5.74, 6) is 1.66. The third-order valence-corrected chi connectivity index (χ3v) is 5.50. The number of nitrogens with zero attached hydrogens (tertiary/aromatic N) is 3. The van der Waals surface area contributed by atoms with Gasteiger partial charge in [0.15, 0.2) is 5.82 Å². The quantitative estimate of drug-likeness (QED) is 0.386. The van der Waals surface area contributed by atoms with E-state index in [9.17, 15) is 9.90 Å². The van der Waals surface area contributed by atoms with Crippen LogP contribution in [-0.4, -0.2) is 25.8 Å². The van der Waals surface area contributed by atoms with E-state index in [0.717, 1.165) is 60.6 Å². The van der Waals surface area contributed by atoms with E-state index in [-0.39, 0.29) is 0 Å². The Morgan fingerprint density at radius 1 is 1.06 bits per heavy atom. The SMILES string of the molecule is CCCCCc1nc(Cc2ccc(-c3ccccc3C(=O)O)cc2)n(CCC(C)C)n1. The lowest BCUT2D eigenvalue weighted by atomic mass is 9.98. The number of rotatable bonds is 11. The van der Waals surface area contributed by atoms with Gasteiger partial charge in [-0.25, -0.2) is 14.5 Å². The largest absolute Gasteiger partial charge is 0.478 e. The van der Waals surface area contributed by atoms with Crippen molar-refractivity contribution in [3.63, 3.8) is 0 Å². The Kier molecular flexibility index (Phi) is 7.99. The molecule has 2 aromatic carbocycles. The van der Waals surface area contributed by atoms with Crippen LogP contribution in [0, 0.1) is 5.92 Å². The van der Waals surface area contributed by atoms with Crippen molar-refractivity contribution in [3.05, 3.63) is 71.3 Å². The molecule has 0 aliphatic carbocycles. The lowest BCUT2D eigenvalue weighted by Gasteiger charge is -2.09. The first-order chi connectivity index (χ1) is 15.0. The number of aromatic carboxylic acids is 1. The van der Waals surface area contributed by atoms with Crippen molar-refractivity contribution < 1.29 is 9.90 Å². The van der Waals surface area contributed by atoms with Gasteiger partial charge in [0.25, 0.3) is 0 Å². The van der Waals surface area contributed by atoms with Crippen molar-refractivity contribution >= 4 is 5.97 Å². The van der Waals surface area contributed by atoms with Gasteiger partial charge in [-0.2, -0.15) is 5.10 Å². The zero-order valence-electron chi connectivity index (χ0n) is 18.8. The summed E-state index contributed by atoms with van der Waals surface area (Å²) in [6, 6.07) is 15.2. The summed E-state index contributed by atoms with van der Waals surface area (Å²) in [7, 11) is 0. The second-order valence-corrected chi connectivity index (χ2v) is 8.53. The van der Waals surface area contributed by atoms with Gasteiger partial charge in [-0.05, 0) is 41.5 Å². The maximum Gasteiger partial charge on any atom is 0.336 e. The van der Waals surface area contributed by atoms with E-state index in [1.165, 1.54) is 12.8 Å². The lowest BCUT2D eigenvalue weighted by Crippen LogP contribution is -2.08. The Labute approximate surface area is 185 Å². The van der Waals surface area contributed by atoms with Gasteiger partial charge in [0.1, 0.15) is 5.82 Å². The summed E-state index contributed by atoms with van der Waals surface area (Å²) in [5, 5.41) is 14.2. The number of hydrogen-bond donors (Lipinski definition) is 1. The molecular weight excluding hydrogens is 386 g/mol. The van der Waals surface area contributed by atoms with Gasteiger partial charge >= 0.3 is 5.97 Å². The molecule has 0 saturated carbocycles. The Hall–Kier alpha value is -2.95. The molecule has 0 radical (unpaired) electrons. The van der Waals surface area contributed by atoms with Gasteiger partial charge in [-0.1, -0.05) is 76.1 Å². The highest BCUT2D eigenvalue weighted by molar-refractivity contribution is 5.95. The summed E-state index contributed by atoms with van der Waals surface area (Å²) >= 11 is 0. The summed E-state index contributed by atoms with van der Waals surface area (Å²) < 4.78 is 2.08. The third kappa shape index (κ3) is 6.27. The summed E-state index contributed by atoms with van der Waals surface area (Å²) in [6.07, 6.45) is 6.26. The molecule has 3 rings (SSSR count). The van der Waals surface area contributed by atoms with Crippen LogP contribution in [0.2, 0.25) is 0 Å². The molecule has 0 aliphatic rings. The zero-order chi connectivity index (χ0) is 22.2. The highest BCUT2D eigenvalue weighted by atomic mass is 16.4. The van der Waals surface area contributed by atoms with Crippen molar-refractivity contribution in [2.45, 2.75) is 65.8 Å². The molecule has 0 spiro atoms. The molecule has 0 atom stereocenters. The monoisotopic (exact) mass is 419 g/mol. The van der Waals surface area contributed by atoms with Crippen molar-refractivity contribution in [1.29, 1.82) is 0 Å². The standard InChI is InChI=1S/C26H33N3O2/c1-4-5-6-11-24-27-25(29(28-24)17-16-19(2)3)18-20-12-14-21(15-13-20)22-9-7-8-10-23(22)26(30)31/h7-10,12-15,19H,4-6,11,16-18H2,1-3H3,(H,30,31). The normalized spacial score (nSPS) is 11.2. The van der Waals surface area contributed by atoms with E-state index in [4.69, 9.17) is 10.1 Å². The molecule has 0 unspecified atom stereocenters. The molecule has 31 heavy (non-hydrogen) atoms. The number of aryl methyl sites for hydroxylation is 2. The zero-order valence-corrected chi connectivity index (χ0v) is 18.8. The molecule has 1 heterocycles. The molecule has 1 N–H and O–H groups in total. The number of unbranched alkanes of at least 4 members (excludes halogenated alkanes) is 2. The Balaban J connectivity index is 1.79. The minimum Gasteiger partial charge on any atom is -0.478 e. The fourth-order valence-electron chi connectivity index (χ4n) is 3.66. The number of carboxylic acids is 1. The Bertz CT molecular complexity index is 990. The molecule has 1 aromatic heterocycles. The van der Waals surface area contributed by atoms with Crippen LogP contribution in [0.3, 0.4) is 0 Å². The van der Waals surface area contributed by atoms with Crippen LogP contribution in [0.1, 0.15) is 74.0 Å². The summed E-state index contributed by atoms with van der Waals surface area (Å²) in [4.78, 5) is 16.4. The van der Waals surface area contributed by atoms with Crippen LogP contribution >= 0.6 is 0 Å². The van der Waals surface area contributed by atoms with E-state index in [2.05, 4.69) is 37.6 Å².